The summed E-state index contributed by atoms with van der Waals surface area (Å²) in [6.07, 6.45) is -11.5. The molecule has 0 unspecified atom stereocenters. The van der Waals surface area contributed by atoms with Crippen molar-refractivity contribution in [3.63, 3.8) is 0 Å². The fourth-order valence-corrected chi connectivity index (χ4v) is 5.32. The number of nitrogens with zero attached hydrogens (tertiary/aromatic N) is 1. The van der Waals surface area contributed by atoms with Crippen LogP contribution in [0.4, 0.5) is 26.3 Å². The predicted molar refractivity (Wildman–Crippen MR) is 162 cm³/mol. The molecule has 3 rings (SSSR count). The van der Waals surface area contributed by atoms with Crippen LogP contribution in [0.3, 0.4) is 0 Å². The maximum atomic E-state index is 13.6. The number of halogens is 6. The van der Waals surface area contributed by atoms with Crippen LogP contribution < -0.4 is 9.47 Å². The van der Waals surface area contributed by atoms with Gasteiger partial charge in [0, 0.05) is 30.6 Å². The molecule has 0 aliphatic carbocycles. The molecule has 3 aromatic rings. The molecule has 0 aliphatic heterocycles. The molecule has 0 aliphatic rings. The third kappa shape index (κ3) is 9.16. The van der Waals surface area contributed by atoms with Crippen molar-refractivity contribution in [2.24, 2.45) is 0 Å². The van der Waals surface area contributed by atoms with E-state index in [-0.39, 0.29) is 31.7 Å². The van der Waals surface area contributed by atoms with Gasteiger partial charge in [-0.2, -0.15) is 26.3 Å². The number of carbonyl (C=O) groups is 1. The van der Waals surface area contributed by atoms with Gasteiger partial charge in [0.1, 0.15) is 11.5 Å². The molecule has 252 valence electrons. The lowest BCUT2D eigenvalue weighted by molar-refractivity contribution is -0.143. The molecule has 46 heavy (non-hydrogen) atoms. The van der Waals surface area contributed by atoms with Gasteiger partial charge in [0.15, 0.2) is 0 Å². The molecular weight excluding hydrogens is 616 g/mol. The first kappa shape index (κ1) is 36.7. The third-order valence-corrected chi connectivity index (χ3v) is 7.79. The molecule has 0 heterocycles. The second-order valence-corrected chi connectivity index (χ2v) is 11.6. The van der Waals surface area contributed by atoms with Crippen LogP contribution in [0.5, 0.6) is 11.5 Å². The minimum Gasteiger partial charge on any atom is -0.496 e. The van der Waals surface area contributed by atoms with E-state index in [0.29, 0.717) is 35.6 Å². The van der Waals surface area contributed by atoms with Gasteiger partial charge in [-0.1, -0.05) is 23.8 Å². The summed E-state index contributed by atoms with van der Waals surface area (Å²) in [4.78, 5) is 12.7. The number of rotatable bonds is 13. The quantitative estimate of drug-likeness (QED) is 0.142. The zero-order chi connectivity index (χ0) is 34.6. The van der Waals surface area contributed by atoms with Crippen molar-refractivity contribution in [1.82, 2.24) is 4.90 Å². The number of hydrogen-bond acceptors (Lipinski definition) is 5. The Morgan fingerprint density at radius 3 is 2.00 bits per heavy atom. The van der Waals surface area contributed by atoms with Gasteiger partial charge in [0.25, 0.3) is 0 Å². The minimum absolute atomic E-state index is 0.0409. The van der Waals surface area contributed by atoms with Crippen molar-refractivity contribution >= 4 is 5.97 Å². The van der Waals surface area contributed by atoms with E-state index in [2.05, 4.69) is 0 Å². The van der Waals surface area contributed by atoms with Crippen molar-refractivity contribution < 1.29 is 50.8 Å². The number of carboxylic acids is 1. The van der Waals surface area contributed by atoms with Crippen LogP contribution in [0, 0.1) is 13.8 Å². The molecule has 0 radical (unpaired) electrons. The van der Waals surface area contributed by atoms with Crippen molar-refractivity contribution in [2.45, 2.75) is 84.5 Å². The molecule has 0 bridgehead atoms. The van der Waals surface area contributed by atoms with Gasteiger partial charge in [-0.3, -0.25) is 9.69 Å². The molecule has 6 nitrogen and oxygen atoms in total. The van der Waals surface area contributed by atoms with E-state index in [1.165, 1.54) is 7.11 Å². The van der Waals surface area contributed by atoms with E-state index in [1.807, 2.05) is 45.9 Å². The lowest BCUT2D eigenvalue weighted by atomic mass is 9.93. The smallest absolute Gasteiger partial charge is 0.416 e. The number of alkyl halides is 6. The highest BCUT2D eigenvalue weighted by atomic mass is 19.4. The van der Waals surface area contributed by atoms with E-state index in [0.717, 1.165) is 22.3 Å². The molecule has 0 spiro atoms. The van der Waals surface area contributed by atoms with Crippen LogP contribution in [0.1, 0.15) is 73.1 Å². The van der Waals surface area contributed by atoms with Crippen LogP contribution in [0.25, 0.3) is 11.1 Å². The third-order valence-electron chi connectivity index (χ3n) is 7.79. The largest absolute Gasteiger partial charge is 0.496 e. The van der Waals surface area contributed by atoms with Gasteiger partial charge in [0.2, 0.25) is 0 Å². The standard InChI is InChI=1S/C34H39F6NO5/c1-19(2)41(22(5)32(44)23-14-25(33(35,36)37)16-26(15-23)34(38,39)40)18-24-12-20(3)9-10-27(24)28-17-29(21(4)13-30(28)45-6)46-11-7-8-31(42)43/h9-10,12-17,19,22,32,44H,7-8,11,18H2,1-6H3,(H,42,43)/t22-,32-/m0/s1. The van der Waals surface area contributed by atoms with Crippen LogP contribution in [0.15, 0.2) is 48.5 Å². The topological polar surface area (TPSA) is 79.2 Å². The highest BCUT2D eigenvalue weighted by Crippen LogP contribution is 2.41. The molecular formula is C34H39F6NO5. The average Bonchev–Trinajstić information content (AvgIpc) is 2.96. The molecule has 0 amide bonds. The highest BCUT2D eigenvalue weighted by molar-refractivity contribution is 5.76. The zero-order valence-corrected chi connectivity index (χ0v) is 26.5. The number of methoxy groups -OCH3 is 1. The molecule has 3 aromatic carbocycles. The Morgan fingerprint density at radius 1 is 0.870 bits per heavy atom. The van der Waals surface area contributed by atoms with Crippen LogP contribution in [0.2, 0.25) is 0 Å². The Labute approximate surface area is 264 Å². The fourth-order valence-electron chi connectivity index (χ4n) is 5.32. The maximum absolute atomic E-state index is 13.6. The Bertz CT molecular complexity index is 1490. The van der Waals surface area contributed by atoms with Gasteiger partial charge in [-0.25, -0.2) is 0 Å². The number of aliphatic hydroxyl groups is 1. The van der Waals surface area contributed by atoms with Crippen LogP contribution in [-0.4, -0.2) is 46.9 Å². The van der Waals surface area contributed by atoms with Gasteiger partial charge < -0.3 is 19.7 Å². The number of aliphatic hydroxyl groups excluding tert-OH is 1. The van der Waals surface area contributed by atoms with E-state index >= 15 is 0 Å². The first-order valence-corrected chi connectivity index (χ1v) is 14.7. The minimum atomic E-state index is -5.04. The predicted octanol–water partition coefficient (Wildman–Crippen LogP) is 8.59. The summed E-state index contributed by atoms with van der Waals surface area (Å²) in [7, 11) is 1.52. The number of aryl methyl sites for hydroxylation is 2. The van der Waals surface area contributed by atoms with Crippen LogP contribution >= 0.6 is 0 Å². The molecule has 0 saturated carbocycles. The summed E-state index contributed by atoms with van der Waals surface area (Å²) in [5.41, 5.74) is 0.371. The number of hydrogen-bond donors (Lipinski definition) is 2. The Kier molecular flexibility index (Phi) is 11.8. The number of benzene rings is 3. The average molecular weight is 656 g/mol. The summed E-state index contributed by atoms with van der Waals surface area (Å²) in [6, 6.07) is 9.27. The highest BCUT2D eigenvalue weighted by Gasteiger charge is 2.38. The van der Waals surface area contributed by atoms with Gasteiger partial charge in [-0.15, -0.1) is 0 Å². The van der Waals surface area contributed by atoms with E-state index in [9.17, 15) is 36.2 Å². The Hall–Kier alpha value is -3.77. The molecule has 2 N–H and O–H groups in total. The van der Waals surface area contributed by atoms with Crippen molar-refractivity contribution in [3.05, 3.63) is 81.9 Å². The fraction of sp³-hybridized carbons (Fsp3) is 0.441. The maximum Gasteiger partial charge on any atom is 0.416 e. The SMILES string of the molecule is COc1cc(C)c(OCCCC(=O)O)cc1-c1ccc(C)cc1CN(C(C)C)[C@@H](C)[C@H](O)c1cc(C(F)(F)F)cc(C(F)(F)F)c1. The van der Waals surface area contributed by atoms with Crippen molar-refractivity contribution in [1.29, 1.82) is 0 Å². The van der Waals surface area contributed by atoms with E-state index < -0.39 is 47.2 Å². The molecule has 2 atom stereocenters. The first-order chi connectivity index (χ1) is 21.3. The number of carboxylic acid groups (broad SMARTS) is 1. The summed E-state index contributed by atoms with van der Waals surface area (Å²) >= 11 is 0. The van der Waals surface area contributed by atoms with Gasteiger partial charge in [-0.05, 0) is 93.6 Å². The molecule has 0 fully saturated rings. The molecule has 0 saturated heterocycles. The lowest BCUT2D eigenvalue weighted by Gasteiger charge is -2.36. The number of aliphatic carboxylic acids is 1. The summed E-state index contributed by atoms with van der Waals surface area (Å²) in [6.45, 7) is 9.28. The zero-order valence-electron chi connectivity index (χ0n) is 26.5. The van der Waals surface area contributed by atoms with Crippen LogP contribution in [-0.2, 0) is 23.7 Å². The summed E-state index contributed by atoms with van der Waals surface area (Å²) in [5, 5.41) is 20.2. The Balaban J connectivity index is 2.04. The summed E-state index contributed by atoms with van der Waals surface area (Å²) in [5.74, 6) is 0.137. The second kappa shape index (κ2) is 14.8. The number of ether oxygens (including phenoxy) is 2. The normalized spacial score (nSPS) is 13.6. The summed E-state index contributed by atoms with van der Waals surface area (Å²) < 4.78 is 92.9. The van der Waals surface area contributed by atoms with E-state index in [1.54, 1.807) is 24.0 Å². The van der Waals surface area contributed by atoms with Gasteiger partial charge >= 0.3 is 18.3 Å². The van der Waals surface area contributed by atoms with Gasteiger partial charge in [0.05, 0.1) is 30.9 Å². The second-order valence-electron chi connectivity index (χ2n) is 11.6. The monoisotopic (exact) mass is 655 g/mol. The molecule has 0 aromatic heterocycles. The Morgan fingerprint density at radius 2 is 1.48 bits per heavy atom. The van der Waals surface area contributed by atoms with Crippen molar-refractivity contribution in [3.8, 4) is 22.6 Å². The first-order valence-electron chi connectivity index (χ1n) is 14.7. The van der Waals surface area contributed by atoms with E-state index in [4.69, 9.17) is 14.6 Å². The van der Waals surface area contributed by atoms with Crippen molar-refractivity contribution in [2.75, 3.05) is 13.7 Å². The lowest BCUT2D eigenvalue weighted by Crippen LogP contribution is -2.42. The molecule has 12 heteroatoms.